The van der Waals surface area contributed by atoms with E-state index in [1.54, 1.807) is 24.1 Å². The highest BCUT2D eigenvalue weighted by molar-refractivity contribution is 7.89. The van der Waals surface area contributed by atoms with E-state index in [1.807, 2.05) is 30.3 Å². The van der Waals surface area contributed by atoms with Crippen LogP contribution in [0.1, 0.15) is 12.8 Å². The average Bonchev–Trinajstić information content (AvgIpc) is 2.74. The highest BCUT2D eigenvalue weighted by atomic mass is 35.5. The molecule has 1 aliphatic heterocycles. The van der Waals surface area contributed by atoms with Gasteiger partial charge in [-0.15, -0.1) is 0 Å². The van der Waals surface area contributed by atoms with Gasteiger partial charge in [-0.2, -0.15) is 4.31 Å². The van der Waals surface area contributed by atoms with Gasteiger partial charge in [0.25, 0.3) is 0 Å². The summed E-state index contributed by atoms with van der Waals surface area (Å²) < 4.78 is 32.6. The molecule has 1 fully saturated rings. The Morgan fingerprint density at radius 2 is 1.72 bits per heavy atom. The summed E-state index contributed by atoms with van der Waals surface area (Å²) in [4.78, 5) is 14.6. The number of sulfonamides is 1. The smallest absolute Gasteiger partial charge is 0.243 e. The van der Waals surface area contributed by atoms with Crippen LogP contribution in [0.2, 0.25) is 5.02 Å². The molecule has 0 spiro atoms. The number of likely N-dealkylation sites (N-methyl/N-ethyl adjacent to an activating group) is 1. The second-order valence-electron chi connectivity index (χ2n) is 7.05. The van der Waals surface area contributed by atoms with Crippen molar-refractivity contribution in [2.75, 3.05) is 33.3 Å². The number of carbonyl (C=O) groups is 1. The van der Waals surface area contributed by atoms with Gasteiger partial charge in [0.1, 0.15) is 12.4 Å². The Morgan fingerprint density at radius 3 is 2.34 bits per heavy atom. The van der Waals surface area contributed by atoms with Gasteiger partial charge in [-0.1, -0.05) is 29.8 Å². The van der Waals surface area contributed by atoms with Crippen molar-refractivity contribution in [1.29, 1.82) is 0 Å². The summed E-state index contributed by atoms with van der Waals surface area (Å²) in [5.74, 6) is 0.632. The van der Waals surface area contributed by atoms with Crippen molar-refractivity contribution in [2.24, 2.45) is 5.92 Å². The molecule has 0 saturated carbocycles. The quantitative estimate of drug-likeness (QED) is 0.668. The summed E-state index contributed by atoms with van der Waals surface area (Å²) in [6, 6.07) is 15.6. The first-order valence-corrected chi connectivity index (χ1v) is 11.4. The monoisotopic (exact) mass is 436 g/mol. The van der Waals surface area contributed by atoms with Crippen molar-refractivity contribution in [1.82, 2.24) is 9.21 Å². The second-order valence-corrected chi connectivity index (χ2v) is 9.43. The molecule has 6 nitrogen and oxygen atoms in total. The fourth-order valence-electron chi connectivity index (χ4n) is 3.34. The number of hydrogen-bond acceptors (Lipinski definition) is 4. The van der Waals surface area contributed by atoms with Crippen LogP contribution in [0.4, 0.5) is 0 Å². The van der Waals surface area contributed by atoms with Gasteiger partial charge in [-0.3, -0.25) is 4.79 Å². The lowest BCUT2D eigenvalue weighted by Crippen LogP contribution is -2.44. The van der Waals surface area contributed by atoms with Crippen LogP contribution >= 0.6 is 11.6 Å². The topological polar surface area (TPSA) is 66.9 Å². The molecule has 0 radical (unpaired) electrons. The Hall–Kier alpha value is -2.09. The minimum Gasteiger partial charge on any atom is -0.492 e. The van der Waals surface area contributed by atoms with Crippen LogP contribution in [-0.2, 0) is 14.8 Å². The summed E-state index contributed by atoms with van der Waals surface area (Å²) >= 11 is 5.84. The third-order valence-electron chi connectivity index (χ3n) is 5.07. The van der Waals surface area contributed by atoms with Gasteiger partial charge >= 0.3 is 0 Å². The zero-order valence-corrected chi connectivity index (χ0v) is 17.9. The van der Waals surface area contributed by atoms with E-state index in [4.69, 9.17) is 16.3 Å². The number of nitrogens with zero attached hydrogens (tertiary/aromatic N) is 2. The molecular weight excluding hydrogens is 412 g/mol. The molecular formula is C21H25ClN2O4S. The second kappa shape index (κ2) is 9.61. The standard InChI is InChI=1S/C21H25ClN2O4S/c1-23(15-16-28-19-5-3-2-4-6-19)21(25)17-11-13-24(14-12-17)29(26,27)20-9-7-18(22)8-10-20/h2-10,17H,11-16H2,1H3. The molecule has 8 heteroatoms. The number of hydrogen-bond donors (Lipinski definition) is 0. The number of amides is 1. The minimum atomic E-state index is -3.56. The van der Waals surface area contributed by atoms with Crippen LogP contribution < -0.4 is 4.74 Å². The molecule has 0 aliphatic carbocycles. The van der Waals surface area contributed by atoms with Gasteiger partial charge in [0.05, 0.1) is 11.4 Å². The van der Waals surface area contributed by atoms with Gasteiger partial charge in [0, 0.05) is 31.1 Å². The summed E-state index contributed by atoms with van der Waals surface area (Å²) in [6.45, 7) is 1.55. The average molecular weight is 437 g/mol. The van der Waals surface area contributed by atoms with E-state index in [9.17, 15) is 13.2 Å². The molecule has 29 heavy (non-hydrogen) atoms. The third-order valence-corrected chi connectivity index (χ3v) is 7.23. The molecule has 156 valence electrons. The van der Waals surface area contributed by atoms with Gasteiger partial charge < -0.3 is 9.64 Å². The van der Waals surface area contributed by atoms with Crippen molar-refractivity contribution < 1.29 is 17.9 Å². The van der Waals surface area contributed by atoms with E-state index in [-0.39, 0.29) is 16.7 Å². The largest absolute Gasteiger partial charge is 0.492 e. The maximum atomic E-state index is 12.8. The van der Waals surface area contributed by atoms with Crippen LogP contribution in [0.25, 0.3) is 0 Å². The van der Waals surface area contributed by atoms with Crippen LogP contribution in [0, 0.1) is 5.92 Å². The van der Waals surface area contributed by atoms with Gasteiger partial charge in [0.2, 0.25) is 15.9 Å². The first kappa shape index (κ1) is 21.6. The number of ether oxygens (including phenoxy) is 1. The van der Waals surface area contributed by atoms with Crippen molar-refractivity contribution in [3.8, 4) is 5.75 Å². The highest BCUT2D eigenvalue weighted by Crippen LogP contribution is 2.25. The van der Waals surface area contributed by atoms with Gasteiger partial charge in [-0.25, -0.2) is 8.42 Å². The Balaban J connectivity index is 1.49. The molecule has 0 bridgehead atoms. The third kappa shape index (κ3) is 5.50. The summed E-state index contributed by atoms with van der Waals surface area (Å²) in [5, 5.41) is 0.493. The first-order valence-electron chi connectivity index (χ1n) is 9.56. The number of halogens is 1. The van der Waals surface area contributed by atoms with Crippen LogP contribution in [-0.4, -0.2) is 56.8 Å². The zero-order valence-electron chi connectivity index (χ0n) is 16.3. The lowest BCUT2D eigenvalue weighted by molar-refractivity contribution is -0.135. The Bertz CT molecular complexity index is 911. The van der Waals surface area contributed by atoms with E-state index in [0.717, 1.165) is 5.75 Å². The Labute approximate surface area is 177 Å². The first-order chi connectivity index (χ1) is 13.9. The summed E-state index contributed by atoms with van der Waals surface area (Å²) in [7, 11) is -1.81. The molecule has 0 N–H and O–H groups in total. The summed E-state index contributed by atoms with van der Waals surface area (Å²) in [5.41, 5.74) is 0. The van der Waals surface area contributed by atoms with Crippen LogP contribution in [0.3, 0.4) is 0 Å². The number of benzene rings is 2. The summed E-state index contributed by atoms with van der Waals surface area (Å²) in [6.07, 6.45) is 1.02. The Kier molecular flexibility index (Phi) is 7.16. The van der Waals surface area contributed by atoms with Crippen molar-refractivity contribution in [3.05, 3.63) is 59.6 Å². The maximum absolute atomic E-state index is 12.8. The molecule has 0 aromatic heterocycles. The SMILES string of the molecule is CN(CCOc1ccccc1)C(=O)C1CCN(S(=O)(=O)c2ccc(Cl)cc2)CC1. The molecule has 3 rings (SSSR count). The van der Waals surface area contributed by atoms with Crippen LogP contribution in [0.15, 0.2) is 59.5 Å². The predicted octanol–water partition coefficient (Wildman–Crippen LogP) is 3.28. The molecule has 2 aromatic rings. The number of carbonyl (C=O) groups excluding carboxylic acids is 1. The molecule has 0 unspecified atom stereocenters. The fraction of sp³-hybridized carbons (Fsp3) is 0.381. The molecule has 1 heterocycles. The van der Waals surface area contributed by atoms with E-state index in [1.165, 1.54) is 16.4 Å². The highest BCUT2D eigenvalue weighted by Gasteiger charge is 2.33. The number of para-hydroxylation sites is 1. The predicted molar refractivity (Wildman–Crippen MR) is 113 cm³/mol. The molecule has 1 saturated heterocycles. The van der Waals surface area contributed by atoms with Gasteiger partial charge in [0.15, 0.2) is 0 Å². The van der Waals surface area contributed by atoms with Crippen molar-refractivity contribution in [3.63, 3.8) is 0 Å². The molecule has 0 atom stereocenters. The van der Waals surface area contributed by atoms with Crippen molar-refractivity contribution in [2.45, 2.75) is 17.7 Å². The fourth-order valence-corrected chi connectivity index (χ4v) is 4.93. The molecule has 2 aromatic carbocycles. The molecule has 1 amide bonds. The minimum absolute atomic E-state index is 0.0326. The number of rotatable bonds is 7. The van der Waals surface area contributed by atoms with Crippen LogP contribution in [0.5, 0.6) is 5.75 Å². The van der Waals surface area contributed by atoms with Gasteiger partial charge in [-0.05, 0) is 49.2 Å². The molecule has 1 aliphatic rings. The number of piperidine rings is 1. The lowest BCUT2D eigenvalue weighted by atomic mass is 9.97. The van der Waals surface area contributed by atoms with E-state index in [2.05, 4.69) is 0 Å². The Morgan fingerprint density at radius 1 is 1.10 bits per heavy atom. The normalized spacial score (nSPS) is 15.8. The van der Waals surface area contributed by atoms with Crippen molar-refractivity contribution >= 4 is 27.5 Å². The maximum Gasteiger partial charge on any atom is 0.243 e. The zero-order chi connectivity index (χ0) is 20.9. The van der Waals surface area contributed by atoms with E-state index >= 15 is 0 Å². The lowest BCUT2D eigenvalue weighted by Gasteiger charge is -2.32. The van der Waals surface area contributed by atoms with E-state index < -0.39 is 10.0 Å². The van der Waals surface area contributed by atoms with E-state index in [0.29, 0.717) is 44.1 Å².